The topological polar surface area (TPSA) is 69.6 Å². The summed E-state index contributed by atoms with van der Waals surface area (Å²) in [5.74, 6) is 0.0772. The summed E-state index contributed by atoms with van der Waals surface area (Å²) in [5.41, 5.74) is 3.82. The third-order valence-corrected chi connectivity index (χ3v) is 5.65. The van der Waals surface area contributed by atoms with Crippen LogP contribution in [0.2, 0.25) is 0 Å². The smallest absolute Gasteiger partial charge is 0.335 e. The number of nitrogens with zero attached hydrogens (tertiary/aromatic N) is 4. The lowest BCUT2D eigenvalue weighted by atomic mass is 10.1. The molecule has 1 aromatic carbocycles. The van der Waals surface area contributed by atoms with E-state index in [0.717, 1.165) is 46.8 Å². The third-order valence-electron chi connectivity index (χ3n) is 5.65. The summed E-state index contributed by atoms with van der Waals surface area (Å²) >= 11 is 0. The SMILES string of the molecule is CC(C)N(C)c1cc2cc(C(=O)O)ccc2nc1-c1ccc(N2CCCC2)nc1. The van der Waals surface area contributed by atoms with Crippen LogP contribution >= 0.6 is 0 Å². The molecule has 3 aromatic rings. The summed E-state index contributed by atoms with van der Waals surface area (Å²) in [7, 11) is 2.03. The average Bonchev–Trinajstić information content (AvgIpc) is 3.26. The maximum Gasteiger partial charge on any atom is 0.335 e. The van der Waals surface area contributed by atoms with Crippen molar-refractivity contribution in [3.05, 3.63) is 48.2 Å². The molecule has 0 amide bonds. The van der Waals surface area contributed by atoms with E-state index in [2.05, 4.69) is 40.8 Å². The van der Waals surface area contributed by atoms with E-state index in [1.165, 1.54) is 12.8 Å². The van der Waals surface area contributed by atoms with Gasteiger partial charge in [-0.15, -0.1) is 0 Å². The van der Waals surface area contributed by atoms with Gasteiger partial charge in [-0.3, -0.25) is 0 Å². The van der Waals surface area contributed by atoms with Crippen LogP contribution in [0.15, 0.2) is 42.6 Å². The number of benzene rings is 1. The molecule has 0 bridgehead atoms. The highest BCUT2D eigenvalue weighted by Gasteiger charge is 2.18. The molecule has 1 fully saturated rings. The number of aromatic nitrogens is 2. The number of rotatable bonds is 5. The highest BCUT2D eigenvalue weighted by atomic mass is 16.4. The molecule has 1 aliphatic heterocycles. The summed E-state index contributed by atoms with van der Waals surface area (Å²) in [5, 5.41) is 10.1. The number of carboxylic acids is 1. The first-order chi connectivity index (χ1) is 13.9. The van der Waals surface area contributed by atoms with Crippen LogP contribution in [0, 0.1) is 0 Å². The van der Waals surface area contributed by atoms with E-state index in [-0.39, 0.29) is 11.6 Å². The van der Waals surface area contributed by atoms with Gasteiger partial charge in [-0.25, -0.2) is 14.8 Å². The molecular formula is C23H26N4O2. The van der Waals surface area contributed by atoms with E-state index in [4.69, 9.17) is 4.98 Å². The molecule has 6 nitrogen and oxygen atoms in total. The van der Waals surface area contributed by atoms with E-state index < -0.39 is 5.97 Å². The Balaban J connectivity index is 1.81. The first-order valence-electron chi connectivity index (χ1n) is 10.1. The van der Waals surface area contributed by atoms with Gasteiger partial charge in [0.1, 0.15) is 5.82 Å². The Labute approximate surface area is 170 Å². The normalized spacial score (nSPS) is 14.0. The molecule has 0 spiro atoms. The van der Waals surface area contributed by atoms with Gasteiger partial charge < -0.3 is 14.9 Å². The van der Waals surface area contributed by atoms with E-state index in [1.54, 1.807) is 18.2 Å². The van der Waals surface area contributed by atoms with E-state index in [1.807, 2.05) is 19.3 Å². The monoisotopic (exact) mass is 390 g/mol. The van der Waals surface area contributed by atoms with Crippen molar-refractivity contribution >= 4 is 28.4 Å². The van der Waals surface area contributed by atoms with Crippen LogP contribution in [0.1, 0.15) is 37.0 Å². The lowest BCUT2D eigenvalue weighted by Crippen LogP contribution is -2.26. The highest BCUT2D eigenvalue weighted by Crippen LogP contribution is 2.33. The molecule has 150 valence electrons. The number of carbonyl (C=O) groups is 1. The Kier molecular flexibility index (Phi) is 5.09. The van der Waals surface area contributed by atoms with Gasteiger partial charge in [-0.1, -0.05) is 0 Å². The maximum atomic E-state index is 11.4. The minimum atomic E-state index is -0.934. The Morgan fingerprint density at radius 1 is 1.14 bits per heavy atom. The van der Waals surface area contributed by atoms with Gasteiger partial charge in [0.05, 0.1) is 22.5 Å². The zero-order valence-corrected chi connectivity index (χ0v) is 17.1. The van der Waals surface area contributed by atoms with Crippen molar-refractivity contribution in [1.82, 2.24) is 9.97 Å². The molecule has 1 saturated heterocycles. The van der Waals surface area contributed by atoms with Gasteiger partial charge in [0.15, 0.2) is 0 Å². The van der Waals surface area contributed by atoms with Crippen molar-refractivity contribution < 1.29 is 9.90 Å². The summed E-state index contributed by atoms with van der Waals surface area (Å²) in [6, 6.07) is 11.5. The number of carboxylic acid groups (broad SMARTS) is 1. The van der Waals surface area contributed by atoms with Crippen LogP contribution < -0.4 is 9.80 Å². The number of aromatic carboxylic acids is 1. The largest absolute Gasteiger partial charge is 0.478 e. The Bertz CT molecular complexity index is 1040. The Morgan fingerprint density at radius 3 is 2.52 bits per heavy atom. The van der Waals surface area contributed by atoms with Crippen molar-refractivity contribution in [2.24, 2.45) is 0 Å². The van der Waals surface area contributed by atoms with Crippen LogP contribution in [-0.2, 0) is 0 Å². The molecule has 3 heterocycles. The number of hydrogen-bond donors (Lipinski definition) is 1. The number of anilines is 2. The van der Waals surface area contributed by atoms with Crippen LogP contribution in [0.4, 0.5) is 11.5 Å². The van der Waals surface area contributed by atoms with Gasteiger partial charge in [0, 0.05) is 43.3 Å². The van der Waals surface area contributed by atoms with Crippen LogP contribution in [0.25, 0.3) is 22.2 Å². The summed E-state index contributed by atoms with van der Waals surface area (Å²) in [6.07, 6.45) is 4.33. The fourth-order valence-electron chi connectivity index (χ4n) is 3.72. The predicted octanol–water partition coefficient (Wildman–Crippen LogP) is 4.44. The fourth-order valence-corrected chi connectivity index (χ4v) is 3.72. The minimum absolute atomic E-state index is 0.266. The van der Waals surface area contributed by atoms with E-state index >= 15 is 0 Å². The van der Waals surface area contributed by atoms with Gasteiger partial charge in [0.2, 0.25) is 0 Å². The fraction of sp³-hybridized carbons (Fsp3) is 0.348. The second kappa shape index (κ2) is 7.70. The molecule has 0 saturated carbocycles. The molecule has 1 aliphatic rings. The van der Waals surface area contributed by atoms with E-state index in [0.29, 0.717) is 0 Å². The molecule has 0 unspecified atom stereocenters. The predicted molar refractivity (Wildman–Crippen MR) is 117 cm³/mol. The lowest BCUT2D eigenvalue weighted by Gasteiger charge is -2.26. The summed E-state index contributed by atoms with van der Waals surface area (Å²) < 4.78 is 0. The van der Waals surface area contributed by atoms with Crippen molar-refractivity contribution in [3.63, 3.8) is 0 Å². The molecule has 0 radical (unpaired) electrons. The first kappa shape index (κ1) is 19.2. The van der Waals surface area contributed by atoms with Crippen molar-refractivity contribution in [1.29, 1.82) is 0 Å². The van der Waals surface area contributed by atoms with Crippen molar-refractivity contribution in [2.45, 2.75) is 32.7 Å². The maximum absolute atomic E-state index is 11.4. The van der Waals surface area contributed by atoms with Crippen LogP contribution in [-0.4, -0.2) is 47.2 Å². The molecule has 1 N–H and O–H groups in total. The molecule has 0 atom stereocenters. The third kappa shape index (κ3) is 3.75. The highest BCUT2D eigenvalue weighted by molar-refractivity contribution is 5.96. The van der Waals surface area contributed by atoms with E-state index in [9.17, 15) is 9.90 Å². The zero-order valence-electron chi connectivity index (χ0n) is 17.1. The van der Waals surface area contributed by atoms with Gasteiger partial charge in [-0.2, -0.15) is 0 Å². The van der Waals surface area contributed by atoms with Crippen molar-refractivity contribution in [2.75, 3.05) is 29.9 Å². The molecule has 6 heteroatoms. The zero-order chi connectivity index (χ0) is 20.5. The molecule has 0 aliphatic carbocycles. The minimum Gasteiger partial charge on any atom is -0.478 e. The summed E-state index contributed by atoms with van der Waals surface area (Å²) in [4.78, 5) is 25.4. The Morgan fingerprint density at radius 2 is 1.90 bits per heavy atom. The van der Waals surface area contributed by atoms with Gasteiger partial charge in [-0.05, 0) is 63.1 Å². The Hall–Kier alpha value is -3.15. The molecular weight excluding hydrogens is 364 g/mol. The first-order valence-corrected chi connectivity index (χ1v) is 10.1. The number of hydrogen-bond acceptors (Lipinski definition) is 5. The second-order valence-corrected chi connectivity index (χ2v) is 7.87. The van der Waals surface area contributed by atoms with Crippen molar-refractivity contribution in [3.8, 4) is 11.3 Å². The van der Waals surface area contributed by atoms with Gasteiger partial charge in [0.25, 0.3) is 0 Å². The molecule has 29 heavy (non-hydrogen) atoms. The standard InChI is InChI=1S/C23H26N4O2/c1-15(2)26(3)20-13-18-12-16(23(28)29)6-8-19(18)25-22(20)17-7-9-21(24-14-17)27-10-4-5-11-27/h6-9,12-15H,4-5,10-11H2,1-3H3,(H,28,29). The summed E-state index contributed by atoms with van der Waals surface area (Å²) in [6.45, 7) is 6.37. The number of pyridine rings is 2. The van der Waals surface area contributed by atoms with Crippen LogP contribution in [0.5, 0.6) is 0 Å². The van der Waals surface area contributed by atoms with Crippen LogP contribution in [0.3, 0.4) is 0 Å². The second-order valence-electron chi connectivity index (χ2n) is 7.87. The molecule has 4 rings (SSSR count). The average molecular weight is 390 g/mol. The quantitative estimate of drug-likeness (QED) is 0.695. The number of fused-ring (bicyclic) bond motifs is 1. The van der Waals surface area contributed by atoms with Gasteiger partial charge >= 0.3 is 5.97 Å². The molecule has 2 aromatic heterocycles. The lowest BCUT2D eigenvalue weighted by molar-refractivity contribution is 0.0697.